The Morgan fingerprint density at radius 3 is 2.20 bits per heavy atom. The highest BCUT2D eigenvalue weighted by atomic mass is 14.7. The van der Waals surface area contributed by atoms with Crippen LogP contribution in [0.25, 0.3) is 22.4 Å². The van der Waals surface area contributed by atoms with Gasteiger partial charge < -0.3 is 0 Å². The summed E-state index contributed by atoms with van der Waals surface area (Å²) in [5.41, 5.74) is 7.14. The van der Waals surface area contributed by atoms with Crippen LogP contribution in [-0.2, 0) is 0 Å². The minimum absolute atomic E-state index is 1.03. The highest BCUT2D eigenvalue weighted by molar-refractivity contribution is 5.68. The molecule has 1 aromatic heterocycles. The summed E-state index contributed by atoms with van der Waals surface area (Å²) in [6.07, 6.45) is 1.95. The lowest BCUT2D eigenvalue weighted by atomic mass is 10.0. The topological polar surface area (TPSA) is 12.9 Å². The van der Waals surface area contributed by atoms with Gasteiger partial charge in [-0.2, -0.15) is 0 Å². The van der Waals surface area contributed by atoms with Crippen molar-refractivity contribution in [2.75, 3.05) is 0 Å². The van der Waals surface area contributed by atoms with Crippen molar-refractivity contribution in [3.63, 3.8) is 0 Å². The zero-order chi connectivity index (χ0) is 13.9. The molecular weight excluding hydrogens is 242 g/mol. The SMILES string of the molecule is Cc1ccc(-c2ccc(-c3ccccc3)cn2)c(C)c1. The molecule has 0 radical (unpaired) electrons. The number of benzene rings is 2. The van der Waals surface area contributed by atoms with Gasteiger partial charge in [-0.3, -0.25) is 4.98 Å². The summed E-state index contributed by atoms with van der Waals surface area (Å²) in [6, 6.07) is 21.0. The lowest BCUT2D eigenvalue weighted by molar-refractivity contribution is 1.29. The fourth-order valence-corrected chi connectivity index (χ4v) is 2.46. The Kier molecular flexibility index (Phi) is 3.34. The molecular formula is C19H17N. The van der Waals surface area contributed by atoms with Crippen LogP contribution in [0.4, 0.5) is 0 Å². The predicted molar refractivity (Wildman–Crippen MR) is 84.6 cm³/mol. The molecule has 0 atom stereocenters. The fourth-order valence-electron chi connectivity index (χ4n) is 2.46. The zero-order valence-electron chi connectivity index (χ0n) is 11.8. The molecule has 1 nitrogen and oxygen atoms in total. The van der Waals surface area contributed by atoms with Gasteiger partial charge in [0.1, 0.15) is 0 Å². The van der Waals surface area contributed by atoms with E-state index in [1.807, 2.05) is 24.4 Å². The fraction of sp³-hybridized carbons (Fsp3) is 0.105. The van der Waals surface area contributed by atoms with E-state index >= 15 is 0 Å². The van der Waals surface area contributed by atoms with E-state index < -0.39 is 0 Å². The largest absolute Gasteiger partial charge is 0.256 e. The van der Waals surface area contributed by atoms with Crippen LogP contribution < -0.4 is 0 Å². The lowest BCUT2D eigenvalue weighted by Gasteiger charge is -2.07. The minimum Gasteiger partial charge on any atom is -0.256 e. The second-order valence-corrected chi connectivity index (χ2v) is 5.12. The van der Waals surface area contributed by atoms with Gasteiger partial charge in [-0.25, -0.2) is 0 Å². The number of hydrogen-bond donors (Lipinski definition) is 0. The average Bonchev–Trinajstić information content (AvgIpc) is 2.48. The van der Waals surface area contributed by atoms with E-state index in [9.17, 15) is 0 Å². The number of aryl methyl sites for hydroxylation is 2. The van der Waals surface area contributed by atoms with E-state index in [2.05, 4.69) is 61.3 Å². The summed E-state index contributed by atoms with van der Waals surface area (Å²) in [6.45, 7) is 4.25. The molecule has 0 amide bonds. The third-order valence-corrected chi connectivity index (χ3v) is 3.53. The number of pyridine rings is 1. The number of nitrogens with zero attached hydrogens (tertiary/aromatic N) is 1. The van der Waals surface area contributed by atoms with E-state index in [1.54, 1.807) is 0 Å². The average molecular weight is 259 g/mol. The minimum atomic E-state index is 1.03. The Bertz CT molecular complexity index is 713. The molecule has 0 saturated heterocycles. The molecule has 1 heterocycles. The normalized spacial score (nSPS) is 10.5. The first-order chi connectivity index (χ1) is 9.74. The van der Waals surface area contributed by atoms with Crippen LogP contribution in [-0.4, -0.2) is 4.98 Å². The summed E-state index contributed by atoms with van der Waals surface area (Å²) < 4.78 is 0. The van der Waals surface area contributed by atoms with Crippen molar-refractivity contribution in [2.45, 2.75) is 13.8 Å². The summed E-state index contributed by atoms with van der Waals surface area (Å²) in [5, 5.41) is 0. The molecule has 0 aliphatic heterocycles. The van der Waals surface area contributed by atoms with Crippen LogP contribution in [0.2, 0.25) is 0 Å². The van der Waals surface area contributed by atoms with E-state index in [1.165, 1.54) is 22.3 Å². The molecule has 2 aromatic carbocycles. The Balaban J connectivity index is 1.97. The van der Waals surface area contributed by atoms with Crippen LogP contribution in [0.15, 0.2) is 66.9 Å². The second-order valence-electron chi connectivity index (χ2n) is 5.12. The van der Waals surface area contributed by atoms with Gasteiger partial charge in [0.2, 0.25) is 0 Å². The van der Waals surface area contributed by atoms with Gasteiger partial charge in [-0.15, -0.1) is 0 Å². The van der Waals surface area contributed by atoms with Crippen LogP contribution in [0.5, 0.6) is 0 Å². The molecule has 0 aliphatic rings. The Labute approximate surface area is 119 Å². The van der Waals surface area contributed by atoms with Gasteiger partial charge in [-0.1, -0.05) is 60.2 Å². The first kappa shape index (κ1) is 12.6. The zero-order valence-corrected chi connectivity index (χ0v) is 11.8. The van der Waals surface area contributed by atoms with Crippen molar-refractivity contribution in [1.82, 2.24) is 4.98 Å². The molecule has 0 bridgehead atoms. The highest BCUT2D eigenvalue weighted by Gasteiger charge is 2.04. The third-order valence-electron chi connectivity index (χ3n) is 3.53. The van der Waals surface area contributed by atoms with Gasteiger partial charge in [0.25, 0.3) is 0 Å². The maximum atomic E-state index is 4.62. The molecule has 0 unspecified atom stereocenters. The standard InChI is InChI=1S/C19H17N/c1-14-8-10-18(15(2)12-14)19-11-9-17(13-20-19)16-6-4-3-5-7-16/h3-13H,1-2H3. The van der Waals surface area contributed by atoms with Gasteiger partial charge in [0.15, 0.2) is 0 Å². The molecule has 0 N–H and O–H groups in total. The lowest BCUT2D eigenvalue weighted by Crippen LogP contribution is -1.88. The molecule has 0 saturated carbocycles. The van der Waals surface area contributed by atoms with E-state index in [4.69, 9.17) is 0 Å². The van der Waals surface area contributed by atoms with Crippen LogP contribution >= 0.6 is 0 Å². The summed E-state index contributed by atoms with van der Waals surface area (Å²) in [7, 11) is 0. The Morgan fingerprint density at radius 2 is 1.55 bits per heavy atom. The first-order valence-corrected chi connectivity index (χ1v) is 6.83. The molecule has 98 valence electrons. The molecule has 0 aliphatic carbocycles. The summed E-state index contributed by atoms with van der Waals surface area (Å²) in [4.78, 5) is 4.62. The van der Waals surface area contributed by atoms with Gasteiger partial charge in [0, 0.05) is 17.3 Å². The van der Waals surface area contributed by atoms with Gasteiger partial charge in [0.05, 0.1) is 5.69 Å². The van der Waals surface area contributed by atoms with Crippen molar-refractivity contribution in [3.8, 4) is 22.4 Å². The van der Waals surface area contributed by atoms with Crippen LogP contribution in [0.1, 0.15) is 11.1 Å². The van der Waals surface area contributed by atoms with Gasteiger partial charge in [-0.05, 0) is 31.0 Å². The maximum Gasteiger partial charge on any atom is 0.0705 e. The van der Waals surface area contributed by atoms with Gasteiger partial charge >= 0.3 is 0 Å². The van der Waals surface area contributed by atoms with Crippen molar-refractivity contribution in [1.29, 1.82) is 0 Å². The molecule has 0 fully saturated rings. The van der Waals surface area contributed by atoms with Crippen LogP contribution in [0.3, 0.4) is 0 Å². The van der Waals surface area contributed by atoms with Crippen LogP contribution in [0, 0.1) is 13.8 Å². The molecule has 1 heteroatoms. The summed E-state index contributed by atoms with van der Waals surface area (Å²) >= 11 is 0. The second kappa shape index (κ2) is 5.30. The number of rotatable bonds is 2. The Morgan fingerprint density at radius 1 is 0.750 bits per heavy atom. The maximum absolute atomic E-state index is 4.62. The molecule has 0 spiro atoms. The Hall–Kier alpha value is -2.41. The van der Waals surface area contributed by atoms with Crippen molar-refractivity contribution in [2.24, 2.45) is 0 Å². The molecule has 3 rings (SSSR count). The number of aromatic nitrogens is 1. The van der Waals surface area contributed by atoms with Crippen molar-refractivity contribution in [3.05, 3.63) is 78.0 Å². The number of hydrogen-bond acceptors (Lipinski definition) is 1. The third kappa shape index (κ3) is 2.48. The first-order valence-electron chi connectivity index (χ1n) is 6.83. The smallest absolute Gasteiger partial charge is 0.0705 e. The van der Waals surface area contributed by atoms with Crippen molar-refractivity contribution >= 4 is 0 Å². The molecule has 20 heavy (non-hydrogen) atoms. The highest BCUT2D eigenvalue weighted by Crippen LogP contribution is 2.25. The van der Waals surface area contributed by atoms with E-state index in [-0.39, 0.29) is 0 Å². The predicted octanol–water partition coefficient (Wildman–Crippen LogP) is 5.03. The molecule has 3 aromatic rings. The summed E-state index contributed by atoms with van der Waals surface area (Å²) in [5.74, 6) is 0. The monoisotopic (exact) mass is 259 g/mol. The quantitative estimate of drug-likeness (QED) is 0.628. The van der Waals surface area contributed by atoms with Crippen molar-refractivity contribution < 1.29 is 0 Å². The van der Waals surface area contributed by atoms with E-state index in [0.29, 0.717) is 0 Å². The van der Waals surface area contributed by atoms with E-state index in [0.717, 1.165) is 11.3 Å².